The number of carbonyl (C=O) groups is 2. The largest absolute Gasteiger partial charge is 0.449 e. The molecule has 0 aromatic heterocycles. The van der Waals surface area contributed by atoms with Gasteiger partial charge >= 0.3 is 12.1 Å². The SMILES string of the molecule is CC(OC(=O)c1ccccc1Nc1cccc(C(F)(F)F)c1)C(=O)NC12CC3CC(CC(C3)C1)C2. The third-order valence-corrected chi connectivity index (χ3v) is 7.70. The summed E-state index contributed by atoms with van der Waals surface area (Å²) in [7, 11) is 0. The van der Waals surface area contributed by atoms with E-state index in [9.17, 15) is 22.8 Å². The summed E-state index contributed by atoms with van der Waals surface area (Å²) < 4.78 is 44.7. The molecule has 0 radical (unpaired) electrons. The van der Waals surface area contributed by atoms with Crippen LogP contribution >= 0.6 is 0 Å². The van der Waals surface area contributed by atoms with Gasteiger partial charge < -0.3 is 15.4 Å². The van der Waals surface area contributed by atoms with E-state index in [0.717, 1.165) is 31.4 Å². The lowest BCUT2D eigenvalue weighted by atomic mass is 9.53. The van der Waals surface area contributed by atoms with Gasteiger partial charge in [0.25, 0.3) is 5.91 Å². The molecule has 4 saturated carbocycles. The van der Waals surface area contributed by atoms with Crippen molar-refractivity contribution < 1.29 is 27.5 Å². The van der Waals surface area contributed by atoms with Crippen molar-refractivity contribution in [1.82, 2.24) is 5.32 Å². The molecule has 0 saturated heterocycles. The minimum absolute atomic E-state index is 0.138. The summed E-state index contributed by atoms with van der Waals surface area (Å²) in [6.07, 6.45) is 1.30. The Labute approximate surface area is 202 Å². The van der Waals surface area contributed by atoms with Crippen LogP contribution in [0.1, 0.15) is 61.4 Å². The molecule has 1 amide bonds. The van der Waals surface area contributed by atoms with Gasteiger partial charge in [-0.3, -0.25) is 4.79 Å². The van der Waals surface area contributed by atoms with E-state index in [2.05, 4.69) is 10.6 Å². The number of para-hydroxylation sites is 1. The third-order valence-electron chi connectivity index (χ3n) is 7.70. The highest BCUT2D eigenvalue weighted by molar-refractivity contribution is 5.98. The summed E-state index contributed by atoms with van der Waals surface area (Å²) >= 11 is 0. The van der Waals surface area contributed by atoms with Crippen LogP contribution in [0.15, 0.2) is 48.5 Å². The molecule has 0 aliphatic heterocycles. The Bertz CT molecular complexity index is 1100. The Morgan fingerprint density at radius 3 is 2.23 bits per heavy atom. The third kappa shape index (κ3) is 5.02. The molecule has 35 heavy (non-hydrogen) atoms. The fourth-order valence-corrected chi connectivity index (χ4v) is 6.60. The normalized spacial score (nSPS) is 27.8. The average molecular weight is 487 g/mol. The van der Waals surface area contributed by atoms with Crippen LogP contribution in [0.4, 0.5) is 24.5 Å². The zero-order valence-electron chi connectivity index (χ0n) is 19.5. The van der Waals surface area contributed by atoms with Crippen molar-refractivity contribution in [2.24, 2.45) is 17.8 Å². The van der Waals surface area contributed by atoms with Crippen LogP contribution in [-0.4, -0.2) is 23.5 Å². The molecule has 1 unspecified atom stereocenters. The van der Waals surface area contributed by atoms with Gasteiger partial charge in [0.2, 0.25) is 0 Å². The molecule has 4 aliphatic carbocycles. The topological polar surface area (TPSA) is 67.4 Å². The number of hydrogen-bond donors (Lipinski definition) is 2. The van der Waals surface area contributed by atoms with Gasteiger partial charge in [-0.2, -0.15) is 13.2 Å². The van der Waals surface area contributed by atoms with Crippen molar-refractivity contribution in [3.63, 3.8) is 0 Å². The smallest absolute Gasteiger partial charge is 0.416 e. The zero-order valence-corrected chi connectivity index (χ0v) is 19.5. The average Bonchev–Trinajstić information content (AvgIpc) is 2.77. The van der Waals surface area contributed by atoms with Crippen LogP contribution in [-0.2, 0) is 15.7 Å². The maximum atomic E-state index is 13.1. The highest BCUT2D eigenvalue weighted by Gasteiger charge is 2.51. The molecule has 0 heterocycles. The lowest BCUT2D eigenvalue weighted by molar-refractivity contribution is -0.137. The Balaban J connectivity index is 1.25. The van der Waals surface area contributed by atoms with Crippen LogP contribution in [0, 0.1) is 17.8 Å². The number of ether oxygens (including phenoxy) is 1. The summed E-state index contributed by atoms with van der Waals surface area (Å²) in [5, 5.41) is 6.09. The van der Waals surface area contributed by atoms with Crippen LogP contribution < -0.4 is 10.6 Å². The van der Waals surface area contributed by atoms with Crippen molar-refractivity contribution in [3.05, 3.63) is 59.7 Å². The molecule has 4 bridgehead atoms. The molecular weight excluding hydrogens is 457 g/mol. The quantitative estimate of drug-likeness (QED) is 0.486. The first-order chi connectivity index (χ1) is 16.6. The number of halogens is 3. The fraction of sp³-hybridized carbons (Fsp3) is 0.481. The number of alkyl halides is 3. The first-order valence-corrected chi connectivity index (χ1v) is 12.2. The fourth-order valence-electron chi connectivity index (χ4n) is 6.60. The van der Waals surface area contributed by atoms with Crippen molar-refractivity contribution in [1.29, 1.82) is 0 Å². The molecule has 4 aliphatic rings. The summed E-state index contributed by atoms with van der Waals surface area (Å²) in [4.78, 5) is 25.9. The predicted octanol–water partition coefficient (Wildman–Crippen LogP) is 6.08. The molecule has 0 spiro atoms. The zero-order chi connectivity index (χ0) is 24.8. The standard InChI is InChI=1S/C27H29F3N2O3/c1-16(24(33)32-26-13-17-9-18(14-26)11-19(10-17)15-26)35-25(34)22-7-2-3-8-23(22)31-21-6-4-5-20(12-21)27(28,29)30/h2-8,12,16-19,31H,9-11,13-15H2,1H3,(H,32,33). The number of amides is 1. The van der Waals surface area contributed by atoms with Crippen molar-refractivity contribution in [2.45, 2.75) is 63.3 Å². The monoisotopic (exact) mass is 486 g/mol. The minimum atomic E-state index is -4.48. The molecule has 1 atom stereocenters. The maximum Gasteiger partial charge on any atom is 0.416 e. The second-order valence-electron chi connectivity index (χ2n) is 10.5. The van der Waals surface area contributed by atoms with E-state index in [1.165, 1.54) is 37.5 Å². The first-order valence-electron chi connectivity index (χ1n) is 12.2. The van der Waals surface area contributed by atoms with E-state index in [1.807, 2.05) is 0 Å². The Kier molecular flexibility index (Phi) is 6.01. The second-order valence-corrected chi connectivity index (χ2v) is 10.5. The van der Waals surface area contributed by atoms with Crippen LogP contribution in [0.3, 0.4) is 0 Å². The van der Waals surface area contributed by atoms with Gasteiger partial charge in [0, 0.05) is 11.2 Å². The van der Waals surface area contributed by atoms with E-state index < -0.39 is 23.8 Å². The van der Waals surface area contributed by atoms with E-state index in [0.29, 0.717) is 23.4 Å². The number of esters is 1. The second kappa shape index (κ2) is 8.88. The molecule has 5 nitrogen and oxygen atoms in total. The van der Waals surface area contributed by atoms with Gasteiger partial charge in [-0.15, -0.1) is 0 Å². The molecule has 2 N–H and O–H groups in total. The van der Waals surface area contributed by atoms with Crippen LogP contribution in [0.2, 0.25) is 0 Å². The number of anilines is 2. The Hall–Kier alpha value is -3.03. The molecule has 2 aromatic carbocycles. The van der Waals surface area contributed by atoms with Crippen LogP contribution in [0.5, 0.6) is 0 Å². The van der Waals surface area contributed by atoms with Crippen molar-refractivity contribution in [3.8, 4) is 0 Å². The summed E-state index contributed by atoms with van der Waals surface area (Å²) in [5.41, 5.74) is -0.356. The molecule has 186 valence electrons. The molecule has 4 fully saturated rings. The Morgan fingerprint density at radius 2 is 1.60 bits per heavy atom. The number of nitrogens with one attached hydrogen (secondary N) is 2. The van der Waals surface area contributed by atoms with E-state index >= 15 is 0 Å². The predicted molar refractivity (Wildman–Crippen MR) is 125 cm³/mol. The minimum Gasteiger partial charge on any atom is -0.449 e. The van der Waals surface area contributed by atoms with Crippen molar-refractivity contribution in [2.75, 3.05) is 5.32 Å². The van der Waals surface area contributed by atoms with Gasteiger partial charge in [0.15, 0.2) is 6.10 Å². The van der Waals surface area contributed by atoms with Crippen molar-refractivity contribution >= 4 is 23.3 Å². The highest BCUT2D eigenvalue weighted by Crippen LogP contribution is 2.55. The van der Waals surface area contributed by atoms with Crippen LogP contribution in [0.25, 0.3) is 0 Å². The Morgan fingerprint density at radius 1 is 0.971 bits per heavy atom. The lowest BCUT2D eigenvalue weighted by Crippen LogP contribution is -2.61. The highest BCUT2D eigenvalue weighted by atomic mass is 19.4. The van der Waals surface area contributed by atoms with Gasteiger partial charge in [-0.25, -0.2) is 4.79 Å². The van der Waals surface area contributed by atoms with Gasteiger partial charge in [-0.05, 0) is 93.5 Å². The van der Waals surface area contributed by atoms with Gasteiger partial charge in [-0.1, -0.05) is 18.2 Å². The lowest BCUT2D eigenvalue weighted by Gasteiger charge is -2.57. The molecular formula is C27H29F3N2O3. The number of carbonyl (C=O) groups excluding carboxylic acids is 2. The summed E-state index contributed by atoms with van der Waals surface area (Å²) in [6, 6.07) is 11.1. The summed E-state index contributed by atoms with van der Waals surface area (Å²) in [5.74, 6) is 1.01. The molecule has 2 aromatic rings. The first kappa shape index (κ1) is 23.7. The molecule has 8 heteroatoms. The van der Waals surface area contributed by atoms with E-state index in [-0.39, 0.29) is 22.7 Å². The van der Waals surface area contributed by atoms with E-state index in [1.54, 1.807) is 25.1 Å². The number of benzene rings is 2. The summed E-state index contributed by atoms with van der Waals surface area (Å²) in [6.45, 7) is 1.55. The van der Waals surface area contributed by atoms with Gasteiger partial charge in [0.05, 0.1) is 16.8 Å². The molecule has 6 rings (SSSR count). The number of hydrogen-bond acceptors (Lipinski definition) is 4. The van der Waals surface area contributed by atoms with E-state index in [4.69, 9.17) is 4.74 Å². The maximum absolute atomic E-state index is 13.1. The van der Waals surface area contributed by atoms with Gasteiger partial charge in [0.1, 0.15) is 0 Å². The number of rotatable bonds is 6.